The van der Waals surface area contributed by atoms with Crippen LogP contribution < -0.4 is 5.32 Å². The van der Waals surface area contributed by atoms with Gasteiger partial charge in [0.2, 0.25) is 0 Å². The topological polar surface area (TPSA) is 17.0 Å². The second-order valence-corrected chi connectivity index (χ2v) is 11.0. The van der Waals surface area contributed by atoms with E-state index in [1.165, 1.54) is 49.9 Å². The summed E-state index contributed by atoms with van der Waals surface area (Å²) in [6.45, 7) is 14.2. The minimum atomic E-state index is -0.232. The van der Waals surface area contributed by atoms with Crippen LogP contribution in [0.3, 0.4) is 0 Å². The number of hydrogen-bond donors (Lipinski definition) is 1. The zero-order valence-electron chi connectivity index (χ0n) is 24.0. The molecule has 0 amide bonds. The van der Waals surface area contributed by atoms with Gasteiger partial charge in [-0.2, -0.15) is 0 Å². The molecule has 4 aromatic rings. The van der Waals surface area contributed by atoms with E-state index in [-0.39, 0.29) is 11.7 Å². The van der Waals surface area contributed by atoms with Crippen molar-refractivity contribution in [2.75, 3.05) is 5.32 Å². The Hall–Kier alpha value is -3.59. The van der Waals surface area contributed by atoms with Crippen LogP contribution in [0.4, 0.5) is 10.1 Å². The average molecular weight is 523 g/mol. The fourth-order valence-electron chi connectivity index (χ4n) is 5.73. The number of nitrogens with one attached hydrogen (secondary N) is 1. The average Bonchev–Trinajstić information content (AvgIpc) is 3.31. The minimum absolute atomic E-state index is 0.232. The lowest BCUT2D eigenvalue weighted by Gasteiger charge is -2.17. The molecule has 39 heavy (non-hydrogen) atoms. The van der Waals surface area contributed by atoms with Crippen LogP contribution >= 0.6 is 0 Å². The highest BCUT2D eigenvalue weighted by molar-refractivity contribution is 5.95. The first-order chi connectivity index (χ1) is 18.9. The third kappa shape index (κ3) is 6.89. The highest BCUT2D eigenvalue weighted by Gasteiger charge is 2.27. The summed E-state index contributed by atoms with van der Waals surface area (Å²) in [5, 5.41) is 3.52. The standard InChI is InChI=1S/C29H29FN2.C7H14/c1-5-32-28(20(2)3)26(21(4)31-25-14-10-7-11-15-25)27(22-12-8-6-9-13-22)29(32)23-16-18-24(30)19-17-23;1-7-5-3-2-4-6-7/h6-20,31H,4-5H2,1-3H3;7H,2-6H2,1H3. The number of anilines is 1. The predicted molar refractivity (Wildman–Crippen MR) is 166 cm³/mol. The van der Waals surface area contributed by atoms with Gasteiger partial charge in [0.05, 0.1) is 5.69 Å². The van der Waals surface area contributed by atoms with Crippen molar-refractivity contribution in [2.45, 2.75) is 72.3 Å². The first-order valence-electron chi connectivity index (χ1n) is 14.5. The summed E-state index contributed by atoms with van der Waals surface area (Å²) >= 11 is 0. The van der Waals surface area contributed by atoms with E-state index in [4.69, 9.17) is 0 Å². The van der Waals surface area contributed by atoms with Crippen molar-refractivity contribution in [3.05, 3.63) is 109 Å². The van der Waals surface area contributed by atoms with Crippen molar-refractivity contribution in [3.63, 3.8) is 0 Å². The van der Waals surface area contributed by atoms with Gasteiger partial charge in [-0.05, 0) is 66.3 Å². The van der Waals surface area contributed by atoms with E-state index in [0.29, 0.717) is 0 Å². The summed E-state index contributed by atoms with van der Waals surface area (Å²) in [6.07, 6.45) is 7.44. The van der Waals surface area contributed by atoms with Gasteiger partial charge in [-0.1, -0.05) is 108 Å². The highest BCUT2D eigenvalue weighted by Crippen LogP contribution is 2.44. The molecule has 0 atom stereocenters. The Morgan fingerprint density at radius 2 is 1.46 bits per heavy atom. The highest BCUT2D eigenvalue weighted by atomic mass is 19.1. The first-order valence-corrected chi connectivity index (χ1v) is 14.5. The first kappa shape index (κ1) is 28.4. The molecule has 1 N–H and O–H groups in total. The number of rotatable bonds is 7. The van der Waals surface area contributed by atoms with E-state index in [0.717, 1.165) is 51.8 Å². The van der Waals surface area contributed by atoms with Gasteiger partial charge in [0, 0.05) is 34.8 Å². The largest absolute Gasteiger partial charge is 0.355 e. The molecule has 0 saturated heterocycles. The van der Waals surface area contributed by atoms with Crippen molar-refractivity contribution in [1.29, 1.82) is 0 Å². The third-order valence-corrected chi connectivity index (χ3v) is 7.61. The molecule has 1 aromatic heterocycles. The number of halogens is 1. The quantitative estimate of drug-likeness (QED) is 0.255. The lowest BCUT2D eigenvalue weighted by molar-refractivity contribution is 0.385. The molecule has 0 spiro atoms. The number of hydrogen-bond acceptors (Lipinski definition) is 1. The molecule has 3 aromatic carbocycles. The fraction of sp³-hybridized carbons (Fsp3) is 0.333. The summed E-state index contributed by atoms with van der Waals surface area (Å²) in [4.78, 5) is 0. The predicted octanol–water partition coefficient (Wildman–Crippen LogP) is 10.8. The molecule has 5 rings (SSSR count). The number of para-hydroxylation sites is 1. The maximum Gasteiger partial charge on any atom is 0.123 e. The Bertz CT molecular complexity index is 1330. The monoisotopic (exact) mass is 522 g/mol. The summed E-state index contributed by atoms with van der Waals surface area (Å²) in [7, 11) is 0. The van der Waals surface area contributed by atoms with Crippen LogP contribution in [0.2, 0.25) is 0 Å². The molecule has 204 valence electrons. The number of nitrogens with zero attached hydrogens (tertiary/aromatic N) is 1. The van der Waals surface area contributed by atoms with Crippen molar-refractivity contribution in [3.8, 4) is 22.4 Å². The second kappa shape index (κ2) is 13.5. The zero-order valence-corrected chi connectivity index (χ0v) is 24.0. The van der Waals surface area contributed by atoms with Crippen LogP contribution in [-0.2, 0) is 6.54 Å². The maximum atomic E-state index is 13.8. The van der Waals surface area contributed by atoms with Gasteiger partial charge in [-0.25, -0.2) is 4.39 Å². The van der Waals surface area contributed by atoms with Crippen LogP contribution in [0.5, 0.6) is 0 Å². The van der Waals surface area contributed by atoms with Gasteiger partial charge in [0.1, 0.15) is 5.82 Å². The van der Waals surface area contributed by atoms with E-state index in [1.807, 2.05) is 48.5 Å². The van der Waals surface area contributed by atoms with Gasteiger partial charge < -0.3 is 9.88 Å². The molecule has 2 nitrogen and oxygen atoms in total. The summed E-state index contributed by atoms with van der Waals surface area (Å²) in [6, 6.07) is 27.3. The van der Waals surface area contributed by atoms with Crippen LogP contribution in [0.1, 0.15) is 77.0 Å². The van der Waals surface area contributed by atoms with Crippen LogP contribution in [0.25, 0.3) is 28.1 Å². The third-order valence-electron chi connectivity index (χ3n) is 7.61. The Labute approximate surface area is 234 Å². The zero-order chi connectivity index (χ0) is 27.8. The van der Waals surface area contributed by atoms with E-state index < -0.39 is 0 Å². The van der Waals surface area contributed by atoms with Gasteiger partial charge >= 0.3 is 0 Å². The van der Waals surface area contributed by atoms with Gasteiger partial charge in [0.15, 0.2) is 0 Å². The van der Waals surface area contributed by atoms with Crippen molar-refractivity contribution >= 4 is 11.4 Å². The molecule has 0 bridgehead atoms. The molecule has 1 aliphatic rings. The molecule has 1 aliphatic carbocycles. The van der Waals surface area contributed by atoms with Crippen LogP contribution in [0, 0.1) is 11.7 Å². The molecule has 1 heterocycles. The van der Waals surface area contributed by atoms with E-state index in [9.17, 15) is 4.39 Å². The molecular weight excluding hydrogens is 479 g/mol. The smallest absolute Gasteiger partial charge is 0.123 e. The van der Waals surface area contributed by atoms with E-state index >= 15 is 0 Å². The molecule has 0 aliphatic heterocycles. The fourth-order valence-corrected chi connectivity index (χ4v) is 5.73. The van der Waals surface area contributed by atoms with Crippen molar-refractivity contribution in [2.24, 2.45) is 5.92 Å². The SMILES string of the molecule is C=C(Nc1ccccc1)c1c(-c2ccccc2)c(-c2ccc(F)cc2)n(CC)c1C(C)C.CC1CCCCC1. The number of aromatic nitrogens is 1. The maximum absolute atomic E-state index is 13.8. The molecule has 1 saturated carbocycles. The van der Waals surface area contributed by atoms with Gasteiger partial charge in [-0.3, -0.25) is 0 Å². The normalized spacial score (nSPS) is 13.6. The second-order valence-electron chi connectivity index (χ2n) is 11.0. The Morgan fingerprint density at radius 1 is 0.872 bits per heavy atom. The molecule has 3 heteroatoms. The minimum Gasteiger partial charge on any atom is -0.355 e. The number of benzene rings is 3. The van der Waals surface area contributed by atoms with Crippen molar-refractivity contribution < 1.29 is 4.39 Å². The van der Waals surface area contributed by atoms with Crippen molar-refractivity contribution in [1.82, 2.24) is 4.57 Å². The van der Waals surface area contributed by atoms with Crippen LogP contribution in [0.15, 0.2) is 91.5 Å². The van der Waals surface area contributed by atoms with Gasteiger partial charge in [0.25, 0.3) is 0 Å². The van der Waals surface area contributed by atoms with Gasteiger partial charge in [-0.15, -0.1) is 0 Å². The molecule has 0 unspecified atom stereocenters. The summed E-state index contributed by atoms with van der Waals surface area (Å²) < 4.78 is 16.1. The molecule has 0 radical (unpaired) electrons. The lowest BCUT2D eigenvalue weighted by Crippen LogP contribution is -2.07. The Morgan fingerprint density at radius 3 is 1.97 bits per heavy atom. The Kier molecular flexibility index (Phi) is 9.81. The van der Waals surface area contributed by atoms with E-state index in [2.05, 4.69) is 68.4 Å². The Balaban J connectivity index is 0.000000438. The summed E-state index contributed by atoms with van der Waals surface area (Å²) in [5.41, 5.74) is 8.51. The molecule has 1 fully saturated rings. The van der Waals surface area contributed by atoms with Crippen LogP contribution in [-0.4, -0.2) is 4.57 Å². The lowest BCUT2D eigenvalue weighted by atomic mass is 9.91. The molecular formula is C36H43FN2. The summed E-state index contributed by atoms with van der Waals surface area (Å²) in [5.74, 6) is 1.08. The van der Waals surface area contributed by atoms with E-state index in [1.54, 1.807) is 0 Å².